The minimum Gasteiger partial charge on any atom is -0.455 e. The summed E-state index contributed by atoms with van der Waals surface area (Å²) in [6.07, 6.45) is 3.85. The highest BCUT2D eigenvalue weighted by Crippen LogP contribution is 2.31. The zero-order valence-corrected chi connectivity index (χ0v) is 26.4. The highest BCUT2D eigenvalue weighted by molar-refractivity contribution is 9.10. The second-order valence-corrected chi connectivity index (χ2v) is 12.3. The molecule has 2 atom stereocenters. The number of rotatable bonds is 8. The number of ether oxygens (including phenoxy) is 2. The van der Waals surface area contributed by atoms with E-state index in [1.807, 2.05) is 39.0 Å². The molecule has 0 bridgehead atoms. The average Bonchev–Trinajstić information content (AvgIpc) is 3.54. The number of pyridine rings is 1. The summed E-state index contributed by atoms with van der Waals surface area (Å²) < 4.78 is 13.0. The summed E-state index contributed by atoms with van der Waals surface area (Å²) >= 11 is 3.35. The Bertz CT molecular complexity index is 1770. The van der Waals surface area contributed by atoms with Crippen LogP contribution in [0.3, 0.4) is 0 Å². The normalized spacial score (nSPS) is 18.3. The molecule has 5 heterocycles. The molecule has 228 valence electrons. The zero-order valence-electron chi connectivity index (χ0n) is 24.8. The number of aromatic nitrogens is 5. The fourth-order valence-corrected chi connectivity index (χ4v) is 5.96. The zero-order chi connectivity index (χ0) is 31.1. The van der Waals surface area contributed by atoms with Gasteiger partial charge >= 0.3 is 6.01 Å². The third kappa shape index (κ3) is 5.93. The van der Waals surface area contributed by atoms with Crippen molar-refractivity contribution < 1.29 is 23.9 Å². The van der Waals surface area contributed by atoms with Crippen LogP contribution in [-0.4, -0.2) is 79.1 Å². The highest BCUT2D eigenvalue weighted by Gasteiger charge is 2.38. The number of hydrogen-bond acceptors (Lipinski definition) is 9. The minimum atomic E-state index is -0.650. The highest BCUT2D eigenvalue weighted by atomic mass is 79.9. The smallest absolute Gasteiger partial charge is 0.316 e. The van der Waals surface area contributed by atoms with Gasteiger partial charge in [0, 0.05) is 36.8 Å². The molecule has 4 aromatic rings. The monoisotopic (exact) mass is 661 g/mol. The Morgan fingerprint density at radius 2 is 1.84 bits per heavy atom. The topological polar surface area (TPSA) is 141 Å². The number of hydrogen-bond donors (Lipinski definition) is 1. The summed E-state index contributed by atoms with van der Waals surface area (Å²) in [7, 11) is 0. The summed E-state index contributed by atoms with van der Waals surface area (Å²) in [6.45, 7) is 8.62. The van der Waals surface area contributed by atoms with Crippen LogP contribution < -0.4 is 10.1 Å². The summed E-state index contributed by atoms with van der Waals surface area (Å²) in [5.41, 5.74) is 4.16. The summed E-state index contributed by atoms with van der Waals surface area (Å²) in [5, 5.41) is 8.10. The van der Waals surface area contributed by atoms with Crippen LogP contribution in [0.25, 0.3) is 22.0 Å². The van der Waals surface area contributed by atoms with Crippen molar-refractivity contribution in [3.63, 3.8) is 0 Å². The van der Waals surface area contributed by atoms with Crippen molar-refractivity contribution in [2.75, 3.05) is 25.1 Å². The van der Waals surface area contributed by atoms with Crippen LogP contribution in [0.1, 0.15) is 41.9 Å². The number of fused-ring (bicyclic) bond motifs is 1. The van der Waals surface area contributed by atoms with Gasteiger partial charge in [-0.2, -0.15) is 5.10 Å². The van der Waals surface area contributed by atoms with Gasteiger partial charge in [0.25, 0.3) is 0 Å². The van der Waals surface area contributed by atoms with Gasteiger partial charge in [-0.3, -0.25) is 19.1 Å². The average molecular weight is 663 g/mol. The number of aryl methyl sites for hydroxylation is 2. The first-order chi connectivity index (χ1) is 21.1. The fraction of sp³-hybridized carbons (Fsp3) is 0.387. The van der Waals surface area contributed by atoms with E-state index in [9.17, 15) is 14.4 Å². The van der Waals surface area contributed by atoms with Gasteiger partial charge in [0.15, 0.2) is 5.78 Å². The van der Waals surface area contributed by atoms with E-state index in [2.05, 4.69) is 41.3 Å². The molecule has 0 radical (unpaired) electrons. The lowest BCUT2D eigenvalue weighted by atomic mass is 10.0. The Balaban J connectivity index is 1.25. The number of halogens is 1. The minimum absolute atomic E-state index is 0.0351. The second-order valence-electron chi connectivity index (χ2n) is 11.5. The predicted octanol–water partition coefficient (Wildman–Crippen LogP) is 4.12. The summed E-state index contributed by atoms with van der Waals surface area (Å²) in [6, 6.07) is 7.12. The molecule has 0 unspecified atom stereocenters. The number of ketones is 1. The lowest BCUT2D eigenvalue weighted by Gasteiger charge is -2.25. The summed E-state index contributed by atoms with van der Waals surface area (Å²) in [5.74, 6) is -0.167. The molecule has 0 aliphatic carbocycles. The molecule has 12 nitrogen and oxygen atoms in total. The number of nitrogens with one attached hydrogen (secondary N) is 1. The molecule has 1 aromatic carbocycles. The largest absolute Gasteiger partial charge is 0.455 e. The van der Waals surface area contributed by atoms with Crippen LogP contribution in [0.5, 0.6) is 6.01 Å². The molecule has 2 aliphatic heterocycles. The lowest BCUT2D eigenvalue weighted by molar-refractivity contribution is -0.137. The van der Waals surface area contributed by atoms with Gasteiger partial charge < -0.3 is 19.7 Å². The van der Waals surface area contributed by atoms with Gasteiger partial charge in [0.05, 0.1) is 18.7 Å². The van der Waals surface area contributed by atoms with Crippen molar-refractivity contribution in [3.05, 3.63) is 58.1 Å². The van der Waals surface area contributed by atoms with Crippen LogP contribution in [0.4, 0.5) is 5.82 Å². The molecule has 44 heavy (non-hydrogen) atoms. The summed E-state index contributed by atoms with van der Waals surface area (Å²) in [4.78, 5) is 54.4. The first-order valence-electron chi connectivity index (χ1n) is 14.4. The first-order valence-corrected chi connectivity index (χ1v) is 15.2. The standard InChI is InChI=1S/C31H32BrN7O5/c1-16-7-24(30(42)36-29-17(2)5-6-25(32)35-29)38(12-16)26(41)13-39-28-18(3)8-20(9-23(28)27(37-39)19(4)40)21-10-33-31(34-11-21)44-22-14-43-15-22/h5-6,8-11,16,22,24H,7,12-15H2,1-4H3,(H,35,36,42)/t16-,24-/m0/s1. The number of carbonyl (C=O) groups is 3. The number of nitrogens with zero attached hydrogens (tertiary/aromatic N) is 6. The van der Waals surface area contributed by atoms with Crippen molar-refractivity contribution in [1.82, 2.24) is 29.6 Å². The Morgan fingerprint density at radius 3 is 2.52 bits per heavy atom. The van der Waals surface area contributed by atoms with Crippen molar-refractivity contribution in [2.24, 2.45) is 5.92 Å². The molecule has 3 aromatic heterocycles. The number of amides is 2. The Hall–Kier alpha value is -4.23. The van der Waals surface area contributed by atoms with Gasteiger partial charge in [0.2, 0.25) is 11.8 Å². The van der Waals surface area contributed by atoms with Crippen LogP contribution in [0, 0.1) is 19.8 Å². The number of likely N-dealkylation sites (tertiary alicyclic amines) is 1. The Labute approximate surface area is 262 Å². The van der Waals surface area contributed by atoms with Crippen molar-refractivity contribution in [2.45, 2.75) is 52.8 Å². The van der Waals surface area contributed by atoms with E-state index >= 15 is 0 Å². The van der Waals surface area contributed by atoms with Crippen molar-refractivity contribution >= 4 is 50.2 Å². The van der Waals surface area contributed by atoms with Crippen LogP contribution in [0.2, 0.25) is 0 Å². The van der Waals surface area contributed by atoms with Crippen molar-refractivity contribution in [1.29, 1.82) is 0 Å². The van der Waals surface area contributed by atoms with E-state index in [-0.39, 0.29) is 47.9 Å². The van der Waals surface area contributed by atoms with E-state index in [1.54, 1.807) is 28.0 Å². The third-order valence-corrected chi connectivity index (χ3v) is 8.37. The predicted molar refractivity (Wildman–Crippen MR) is 165 cm³/mol. The van der Waals surface area contributed by atoms with Crippen LogP contribution >= 0.6 is 15.9 Å². The molecule has 0 saturated carbocycles. The SMILES string of the molecule is CC(=O)c1nn(CC(=O)N2C[C@@H](C)C[C@H]2C(=O)Nc2nc(Br)ccc2C)c2c(C)cc(-c3cnc(OC4COC4)nc3)cc12. The van der Waals surface area contributed by atoms with Gasteiger partial charge in [-0.05, 0) is 77.0 Å². The molecular formula is C31H32BrN7O5. The molecule has 13 heteroatoms. The lowest BCUT2D eigenvalue weighted by Crippen LogP contribution is -2.44. The number of anilines is 1. The van der Waals surface area contributed by atoms with Crippen molar-refractivity contribution in [3.8, 4) is 17.1 Å². The van der Waals surface area contributed by atoms with Gasteiger partial charge in [-0.1, -0.05) is 13.0 Å². The molecule has 6 rings (SSSR count). The van der Waals surface area contributed by atoms with E-state index in [0.717, 1.165) is 22.3 Å². The van der Waals surface area contributed by atoms with E-state index in [4.69, 9.17) is 9.47 Å². The molecular weight excluding hydrogens is 630 g/mol. The maximum absolute atomic E-state index is 13.7. The molecule has 1 N–H and O–H groups in total. The molecule has 2 saturated heterocycles. The third-order valence-electron chi connectivity index (χ3n) is 7.93. The van der Waals surface area contributed by atoms with Crippen LogP contribution in [-0.2, 0) is 20.9 Å². The fourth-order valence-electron chi connectivity index (χ4n) is 5.65. The Kier molecular flexibility index (Phi) is 8.16. The van der Waals surface area contributed by atoms with E-state index in [1.165, 1.54) is 6.92 Å². The maximum atomic E-state index is 13.7. The molecule has 2 amide bonds. The maximum Gasteiger partial charge on any atom is 0.316 e. The number of carbonyl (C=O) groups excluding carboxylic acids is 3. The molecule has 2 fully saturated rings. The number of Topliss-reactive ketones (excluding diaryl/α,β-unsaturated/α-hetero) is 1. The van der Waals surface area contributed by atoms with E-state index < -0.39 is 6.04 Å². The van der Waals surface area contributed by atoms with Gasteiger partial charge in [-0.25, -0.2) is 15.0 Å². The van der Waals surface area contributed by atoms with E-state index in [0.29, 0.717) is 47.5 Å². The number of benzene rings is 1. The Morgan fingerprint density at radius 1 is 1.09 bits per heavy atom. The quantitative estimate of drug-likeness (QED) is 0.218. The molecule has 2 aliphatic rings. The van der Waals surface area contributed by atoms with Crippen LogP contribution in [0.15, 0.2) is 41.3 Å². The van der Waals surface area contributed by atoms with Gasteiger partial charge in [0.1, 0.15) is 34.8 Å². The van der Waals surface area contributed by atoms with Gasteiger partial charge in [-0.15, -0.1) is 0 Å². The second kappa shape index (κ2) is 12.0. The molecule has 0 spiro atoms. The first kappa shape index (κ1) is 29.8.